The molecule has 0 spiro atoms. The van der Waals surface area contributed by atoms with Gasteiger partial charge in [0.2, 0.25) is 0 Å². The van der Waals surface area contributed by atoms with E-state index < -0.39 is 0 Å². The maximum absolute atomic E-state index is 12.7. The Morgan fingerprint density at radius 2 is 1.57 bits per heavy atom. The number of carbonyl (C=O) groups is 1. The number of nitrogens with two attached hydrogens (primary N) is 1. The van der Waals surface area contributed by atoms with E-state index >= 15 is 0 Å². The Bertz CT molecular complexity index is 380. The third kappa shape index (κ3) is 2.52. The van der Waals surface area contributed by atoms with Gasteiger partial charge in [0, 0.05) is 0 Å². The van der Waals surface area contributed by atoms with Crippen LogP contribution in [0.5, 0.6) is 0 Å². The van der Waals surface area contributed by atoms with E-state index in [0.29, 0.717) is 24.3 Å². The van der Waals surface area contributed by atoms with Crippen LogP contribution in [-0.2, 0) is 9.53 Å². The summed E-state index contributed by atoms with van der Waals surface area (Å²) in [4.78, 5) is 12.7. The maximum Gasteiger partial charge on any atom is 0.309 e. The summed E-state index contributed by atoms with van der Waals surface area (Å²) in [5, 5.41) is 0. The zero-order chi connectivity index (χ0) is 14.4. The minimum absolute atomic E-state index is 0.0842. The molecule has 0 aromatic heterocycles. The van der Waals surface area contributed by atoms with Gasteiger partial charge in [-0.25, -0.2) is 0 Å². The van der Waals surface area contributed by atoms with E-state index in [2.05, 4.69) is 0 Å². The van der Waals surface area contributed by atoms with Crippen molar-refractivity contribution in [2.75, 3.05) is 6.54 Å². The summed E-state index contributed by atoms with van der Waals surface area (Å²) >= 11 is 0. The highest BCUT2D eigenvalue weighted by Gasteiger charge is 2.50. The lowest BCUT2D eigenvalue weighted by molar-refractivity contribution is -0.178. The van der Waals surface area contributed by atoms with Crippen LogP contribution in [0.1, 0.15) is 57.8 Å². The van der Waals surface area contributed by atoms with Gasteiger partial charge in [-0.2, -0.15) is 0 Å². The molecule has 2 unspecified atom stereocenters. The fraction of sp³-hybridized carbons (Fsp3) is 0.944. The van der Waals surface area contributed by atoms with Gasteiger partial charge in [0.15, 0.2) is 0 Å². The Morgan fingerprint density at radius 1 is 0.952 bits per heavy atom. The van der Waals surface area contributed by atoms with Crippen molar-refractivity contribution in [1.29, 1.82) is 0 Å². The van der Waals surface area contributed by atoms with E-state index in [1.807, 2.05) is 0 Å². The van der Waals surface area contributed by atoms with E-state index in [1.165, 1.54) is 38.5 Å². The summed E-state index contributed by atoms with van der Waals surface area (Å²) in [5.74, 6) is 3.75. The maximum atomic E-state index is 12.7. The quantitative estimate of drug-likeness (QED) is 0.813. The van der Waals surface area contributed by atoms with Crippen LogP contribution >= 0.6 is 0 Å². The van der Waals surface area contributed by atoms with Gasteiger partial charge >= 0.3 is 5.97 Å². The molecule has 0 aliphatic heterocycles. The molecular formula is C18H29NO2. The first-order chi connectivity index (χ1) is 10.2. The van der Waals surface area contributed by atoms with Crippen LogP contribution in [0.25, 0.3) is 0 Å². The average molecular weight is 291 g/mol. The van der Waals surface area contributed by atoms with Crippen molar-refractivity contribution < 1.29 is 9.53 Å². The summed E-state index contributed by atoms with van der Waals surface area (Å²) < 4.78 is 6.10. The van der Waals surface area contributed by atoms with Crippen LogP contribution in [-0.4, -0.2) is 18.6 Å². The number of hydrogen-bond donors (Lipinski definition) is 1. The Labute approximate surface area is 128 Å². The van der Waals surface area contributed by atoms with Gasteiger partial charge in [0.1, 0.15) is 6.10 Å². The molecule has 118 valence electrons. The molecule has 2 N–H and O–H groups in total. The lowest BCUT2D eigenvalue weighted by Gasteiger charge is -2.53. The topological polar surface area (TPSA) is 52.3 Å². The minimum atomic E-state index is 0.0842. The third-order valence-corrected chi connectivity index (χ3v) is 6.91. The molecule has 0 saturated heterocycles. The van der Waals surface area contributed by atoms with E-state index in [9.17, 15) is 4.79 Å². The first-order valence-electron chi connectivity index (χ1n) is 9.15. The number of hydrogen-bond acceptors (Lipinski definition) is 3. The molecule has 4 bridgehead atoms. The van der Waals surface area contributed by atoms with Gasteiger partial charge in [-0.3, -0.25) is 4.79 Å². The largest absolute Gasteiger partial charge is 0.462 e. The Morgan fingerprint density at radius 3 is 2.19 bits per heavy atom. The molecule has 3 nitrogen and oxygen atoms in total. The van der Waals surface area contributed by atoms with Crippen molar-refractivity contribution >= 4 is 5.97 Å². The standard InChI is InChI=1S/C18H29NO2/c19-10-13-3-1-2-4-16(13)18(20)21-17-14-6-11-5-12(8-14)9-15(17)7-11/h11-17H,1-10,19H2. The second kappa shape index (κ2) is 5.57. The van der Waals surface area contributed by atoms with Crippen LogP contribution in [0.4, 0.5) is 0 Å². The highest BCUT2D eigenvalue weighted by molar-refractivity contribution is 5.73. The van der Waals surface area contributed by atoms with Gasteiger partial charge in [-0.15, -0.1) is 0 Å². The molecule has 5 aliphatic carbocycles. The van der Waals surface area contributed by atoms with Crippen molar-refractivity contribution in [1.82, 2.24) is 0 Å². The highest BCUT2D eigenvalue weighted by Crippen LogP contribution is 2.54. The molecule has 5 saturated carbocycles. The molecule has 0 radical (unpaired) electrons. The molecule has 5 fully saturated rings. The fourth-order valence-corrected chi connectivity index (χ4v) is 6.09. The molecular weight excluding hydrogens is 262 g/mol. The van der Waals surface area contributed by atoms with Crippen molar-refractivity contribution in [2.45, 2.75) is 63.9 Å². The molecule has 5 aliphatic rings. The van der Waals surface area contributed by atoms with Crippen LogP contribution in [0.2, 0.25) is 0 Å². The van der Waals surface area contributed by atoms with Crippen molar-refractivity contribution in [3.63, 3.8) is 0 Å². The summed E-state index contributed by atoms with van der Waals surface area (Å²) in [6.07, 6.45) is 11.4. The predicted octanol–water partition coefficient (Wildman–Crippen LogP) is 3.12. The van der Waals surface area contributed by atoms with E-state index in [4.69, 9.17) is 10.5 Å². The highest BCUT2D eigenvalue weighted by atomic mass is 16.5. The first kappa shape index (κ1) is 14.0. The summed E-state index contributed by atoms with van der Waals surface area (Å²) in [7, 11) is 0. The lowest BCUT2D eigenvalue weighted by atomic mass is 9.55. The van der Waals surface area contributed by atoms with Crippen LogP contribution in [0.3, 0.4) is 0 Å². The summed E-state index contributed by atoms with van der Waals surface area (Å²) in [6, 6.07) is 0. The first-order valence-corrected chi connectivity index (χ1v) is 9.15. The third-order valence-electron chi connectivity index (χ3n) is 6.91. The van der Waals surface area contributed by atoms with E-state index in [1.54, 1.807) is 0 Å². The number of ether oxygens (including phenoxy) is 1. The Hall–Kier alpha value is -0.570. The normalized spacial score (nSPS) is 48.3. The van der Waals surface area contributed by atoms with Gasteiger partial charge in [0.05, 0.1) is 5.92 Å². The SMILES string of the molecule is NCC1CCCCC1C(=O)OC1C2CC3CC(C2)CC1C3. The molecule has 3 heteroatoms. The second-order valence-corrected chi connectivity index (χ2v) is 8.22. The van der Waals surface area contributed by atoms with Gasteiger partial charge in [-0.05, 0) is 81.1 Å². The molecule has 0 heterocycles. The zero-order valence-corrected chi connectivity index (χ0v) is 13.0. The molecule has 21 heavy (non-hydrogen) atoms. The van der Waals surface area contributed by atoms with E-state index in [0.717, 1.165) is 31.1 Å². The van der Waals surface area contributed by atoms with Crippen LogP contribution < -0.4 is 5.73 Å². The van der Waals surface area contributed by atoms with E-state index in [-0.39, 0.29) is 18.0 Å². The molecule has 5 rings (SSSR count). The van der Waals surface area contributed by atoms with Gasteiger partial charge in [-0.1, -0.05) is 12.8 Å². The zero-order valence-electron chi connectivity index (χ0n) is 13.0. The van der Waals surface area contributed by atoms with Gasteiger partial charge in [0.25, 0.3) is 0 Å². The molecule has 0 amide bonds. The second-order valence-electron chi connectivity index (χ2n) is 8.22. The smallest absolute Gasteiger partial charge is 0.309 e. The van der Waals surface area contributed by atoms with Crippen molar-refractivity contribution in [3.05, 3.63) is 0 Å². The predicted molar refractivity (Wildman–Crippen MR) is 81.4 cm³/mol. The lowest BCUT2D eigenvalue weighted by Crippen LogP contribution is -2.51. The Kier molecular flexibility index (Phi) is 3.72. The minimum Gasteiger partial charge on any atom is -0.462 e. The summed E-state index contributed by atoms with van der Waals surface area (Å²) in [6.45, 7) is 0.640. The molecule has 0 aromatic rings. The van der Waals surface area contributed by atoms with Gasteiger partial charge < -0.3 is 10.5 Å². The average Bonchev–Trinajstić information content (AvgIpc) is 2.50. The monoisotopic (exact) mass is 291 g/mol. The van der Waals surface area contributed by atoms with Crippen molar-refractivity contribution in [2.24, 2.45) is 41.2 Å². The number of esters is 1. The molecule has 0 aromatic carbocycles. The number of carbonyl (C=O) groups excluding carboxylic acids is 1. The van der Waals surface area contributed by atoms with Crippen LogP contribution in [0.15, 0.2) is 0 Å². The fourth-order valence-electron chi connectivity index (χ4n) is 6.09. The molecule has 2 atom stereocenters. The summed E-state index contributed by atoms with van der Waals surface area (Å²) in [5.41, 5.74) is 5.87. The number of rotatable bonds is 3. The Balaban J connectivity index is 1.42. The van der Waals surface area contributed by atoms with Crippen molar-refractivity contribution in [3.8, 4) is 0 Å². The van der Waals surface area contributed by atoms with Crippen LogP contribution in [0, 0.1) is 35.5 Å².